The van der Waals surface area contributed by atoms with Crippen molar-refractivity contribution in [1.29, 1.82) is 0 Å². The fourth-order valence-electron chi connectivity index (χ4n) is 2.87. The van der Waals surface area contributed by atoms with Gasteiger partial charge in [-0.3, -0.25) is 9.59 Å². The maximum atomic E-state index is 11.8. The fourth-order valence-corrected chi connectivity index (χ4v) is 2.87. The van der Waals surface area contributed by atoms with Gasteiger partial charge in [0.25, 0.3) is 0 Å². The first-order valence-electron chi connectivity index (χ1n) is 6.96. The first kappa shape index (κ1) is 16.0. The number of nitrogens with zero attached hydrogens (tertiary/aromatic N) is 1. The SMILES string of the molecule is CC1CCCC(CNC(=O)C(C)C(=O)O)(N(C)C)C1. The molecule has 1 aliphatic rings. The highest BCUT2D eigenvalue weighted by molar-refractivity contribution is 5.96. The van der Waals surface area contributed by atoms with Gasteiger partial charge in [-0.25, -0.2) is 0 Å². The molecule has 0 saturated heterocycles. The molecule has 0 radical (unpaired) electrons. The van der Waals surface area contributed by atoms with Crippen molar-refractivity contribution in [3.8, 4) is 0 Å². The number of carbonyl (C=O) groups is 2. The third kappa shape index (κ3) is 3.93. The molecule has 3 unspecified atom stereocenters. The average Bonchev–Trinajstić information content (AvgIpc) is 2.34. The Balaban J connectivity index is 2.65. The van der Waals surface area contributed by atoms with Gasteiger partial charge >= 0.3 is 5.97 Å². The molecular formula is C14H26N2O3. The lowest BCUT2D eigenvalue weighted by Crippen LogP contribution is -2.55. The Kier molecular flexibility index (Phi) is 5.35. The number of nitrogens with one attached hydrogen (secondary N) is 1. The summed E-state index contributed by atoms with van der Waals surface area (Å²) >= 11 is 0. The van der Waals surface area contributed by atoms with Crippen LogP contribution in [0.5, 0.6) is 0 Å². The van der Waals surface area contributed by atoms with Crippen LogP contribution in [0.1, 0.15) is 39.5 Å². The summed E-state index contributed by atoms with van der Waals surface area (Å²) in [6.45, 7) is 4.18. The first-order valence-corrected chi connectivity index (χ1v) is 6.96. The smallest absolute Gasteiger partial charge is 0.315 e. The van der Waals surface area contributed by atoms with Gasteiger partial charge in [-0.2, -0.15) is 0 Å². The number of likely N-dealkylation sites (N-methyl/N-ethyl adjacent to an activating group) is 1. The molecule has 2 N–H and O–H groups in total. The molecule has 5 nitrogen and oxygen atoms in total. The van der Waals surface area contributed by atoms with E-state index in [0.29, 0.717) is 12.5 Å². The highest BCUT2D eigenvalue weighted by atomic mass is 16.4. The van der Waals surface area contributed by atoms with E-state index in [1.54, 1.807) is 0 Å². The number of carbonyl (C=O) groups excluding carboxylic acids is 1. The quantitative estimate of drug-likeness (QED) is 0.740. The van der Waals surface area contributed by atoms with Gasteiger partial charge in [0.2, 0.25) is 5.91 Å². The van der Waals surface area contributed by atoms with Gasteiger partial charge in [0, 0.05) is 12.1 Å². The van der Waals surface area contributed by atoms with Crippen LogP contribution in [0.3, 0.4) is 0 Å². The summed E-state index contributed by atoms with van der Waals surface area (Å²) in [7, 11) is 4.07. The summed E-state index contributed by atoms with van der Waals surface area (Å²) in [5, 5.41) is 11.6. The zero-order chi connectivity index (χ0) is 14.6. The number of carboxylic acid groups (broad SMARTS) is 1. The lowest BCUT2D eigenvalue weighted by Gasteiger charge is -2.45. The van der Waals surface area contributed by atoms with Crippen molar-refractivity contribution >= 4 is 11.9 Å². The highest BCUT2D eigenvalue weighted by Gasteiger charge is 2.37. The van der Waals surface area contributed by atoms with Crippen molar-refractivity contribution in [2.75, 3.05) is 20.6 Å². The van der Waals surface area contributed by atoms with Crippen LogP contribution in [-0.4, -0.2) is 48.1 Å². The van der Waals surface area contributed by atoms with Crippen molar-refractivity contribution in [1.82, 2.24) is 10.2 Å². The van der Waals surface area contributed by atoms with Crippen LogP contribution >= 0.6 is 0 Å². The third-order valence-electron chi connectivity index (χ3n) is 4.37. The van der Waals surface area contributed by atoms with E-state index in [1.165, 1.54) is 13.3 Å². The summed E-state index contributed by atoms with van der Waals surface area (Å²) in [4.78, 5) is 24.7. The number of hydrogen-bond acceptors (Lipinski definition) is 3. The van der Waals surface area contributed by atoms with Gasteiger partial charge in [0.15, 0.2) is 0 Å². The van der Waals surface area contributed by atoms with Crippen LogP contribution in [0, 0.1) is 11.8 Å². The van der Waals surface area contributed by atoms with Gasteiger partial charge in [-0.05, 0) is 39.8 Å². The van der Waals surface area contributed by atoms with Gasteiger partial charge in [-0.1, -0.05) is 19.8 Å². The molecule has 0 aromatic carbocycles. The van der Waals surface area contributed by atoms with E-state index in [9.17, 15) is 9.59 Å². The van der Waals surface area contributed by atoms with Gasteiger partial charge < -0.3 is 15.3 Å². The molecule has 1 saturated carbocycles. The predicted octanol–water partition coefficient (Wildman–Crippen LogP) is 1.33. The fraction of sp³-hybridized carbons (Fsp3) is 0.857. The van der Waals surface area contributed by atoms with Gasteiger partial charge in [0.05, 0.1) is 0 Å². The molecule has 1 fully saturated rings. The van der Waals surface area contributed by atoms with E-state index >= 15 is 0 Å². The maximum Gasteiger partial charge on any atom is 0.315 e. The minimum atomic E-state index is -1.08. The molecule has 0 aromatic rings. The van der Waals surface area contributed by atoms with E-state index in [4.69, 9.17) is 5.11 Å². The lowest BCUT2D eigenvalue weighted by atomic mass is 9.75. The second kappa shape index (κ2) is 6.37. The van der Waals surface area contributed by atoms with Crippen LogP contribution < -0.4 is 5.32 Å². The minimum Gasteiger partial charge on any atom is -0.481 e. The van der Waals surface area contributed by atoms with Crippen LogP contribution in [0.25, 0.3) is 0 Å². The second-order valence-electron chi connectivity index (χ2n) is 6.10. The van der Waals surface area contributed by atoms with Crippen molar-refractivity contribution in [3.63, 3.8) is 0 Å². The van der Waals surface area contributed by atoms with Crippen molar-refractivity contribution in [3.05, 3.63) is 0 Å². The standard InChI is InChI=1S/C14H26N2O3/c1-10-6-5-7-14(8-10,16(3)4)9-15-12(17)11(2)13(18)19/h10-11H,5-9H2,1-4H3,(H,15,17)(H,18,19). The normalized spacial score (nSPS) is 29.0. The zero-order valence-electron chi connectivity index (χ0n) is 12.4. The highest BCUT2D eigenvalue weighted by Crippen LogP contribution is 2.35. The van der Waals surface area contributed by atoms with Gasteiger partial charge in [0.1, 0.15) is 5.92 Å². The molecular weight excluding hydrogens is 244 g/mol. The number of amides is 1. The Morgan fingerprint density at radius 2 is 2.11 bits per heavy atom. The van der Waals surface area contributed by atoms with Crippen molar-refractivity contribution in [2.24, 2.45) is 11.8 Å². The Morgan fingerprint density at radius 1 is 1.47 bits per heavy atom. The van der Waals surface area contributed by atoms with Crippen molar-refractivity contribution < 1.29 is 14.7 Å². The van der Waals surface area contributed by atoms with Crippen LogP contribution in [0.15, 0.2) is 0 Å². The molecule has 110 valence electrons. The summed E-state index contributed by atoms with van der Waals surface area (Å²) < 4.78 is 0. The Labute approximate surface area is 115 Å². The van der Waals surface area contributed by atoms with E-state index in [0.717, 1.165) is 19.3 Å². The largest absolute Gasteiger partial charge is 0.481 e. The molecule has 1 aliphatic carbocycles. The predicted molar refractivity (Wildman–Crippen MR) is 73.9 cm³/mol. The number of rotatable bonds is 5. The topological polar surface area (TPSA) is 69.6 Å². The van der Waals surface area contributed by atoms with Crippen LogP contribution in [-0.2, 0) is 9.59 Å². The van der Waals surface area contributed by atoms with Crippen LogP contribution in [0.2, 0.25) is 0 Å². The van der Waals surface area contributed by atoms with E-state index in [2.05, 4.69) is 17.1 Å². The van der Waals surface area contributed by atoms with Crippen LogP contribution in [0.4, 0.5) is 0 Å². The minimum absolute atomic E-state index is 0.0362. The summed E-state index contributed by atoms with van der Waals surface area (Å²) in [5.41, 5.74) is -0.0362. The first-order chi connectivity index (χ1) is 8.78. The maximum absolute atomic E-state index is 11.8. The monoisotopic (exact) mass is 270 g/mol. The molecule has 0 spiro atoms. The molecule has 3 atom stereocenters. The molecule has 1 rings (SSSR count). The number of carboxylic acids is 1. The molecule has 0 aromatic heterocycles. The Bertz CT molecular complexity index is 344. The van der Waals surface area contributed by atoms with E-state index in [-0.39, 0.29) is 5.54 Å². The Hall–Kier alpha value is -1.10. The third-order valence-corrected chi connectivity index (χ3v) is 4.37. The average molecular weight is 270 g/mol. The van der Waals surface area contributed by atoms with E-state index in [1.807, 2.05) is 14.1 Å². The number of aliphatic carboxylic acids is 1. The molecule has 5 heteroatoms. The van der Waals surface area contributed by atoms with E-state index < -0.39 is 17.8 Å². The molecule has 0 aliphatic heterocycles. The lowest BCUT2D eigenvalue weighted by molar-refractivity contribution is -0.146. The van der Waals surface area contributed by atoms with Gasteiger partial charge in [-0.15, -0.1) is 0 Å². The molecule has 0 bridgehead atoms. The molecule has 1 amide bonds. The second-order valence-corrected chi connectivity index (χ2v) is 6.10. The molecule has 19 heavy (non-hydrogen) atoms. The summed E-state index contributed by atoms with van der Waals surface area (Å²) in [6.07, 6.45) is 4.48. The number of hydrogen-bond donors (Lipinski definition) is 2. The summed E-state index contributed by atoms with van der Waals surface area (Å²) in [6, 6.07) is 0. The Morgan fingerprint density at radius 3 is 2.58 bits per heavy atom. The van der Waals surface area contributed by atoms with Crippen molar-refractivity contribution in [2.45, 2.75) is 45.1 Å². The summed E-state index contributed by atoms with van der Waals surface area (Å²) in [5.74, 6) is -1.81. The zero-order valence-corrected chi connectivity index (χ0v) is 12.4. The molecule has 0 heterocycles.